The minimum absolute atomic E-state index is 0.727. The lowest BCUT2D eigenvalue weighted by atomic mass is 10.4. The Morgan fingerprint density at radius 1 is 1.65 bits per heavy atom. The van der Waals surface area contributed by atoms with E-state index in [1.807, 2.05) is 12.5 Å². The topological polar surface area (TPSA) is 57.9 Å². The van der Waals surface area contributed by atoms with Gasteiger partial charge in [0.1, 0.15) is 4.34 Å². The third-order valence-electron chi connectivity index (χ3n) is 2.25. The van der Waals surface area contributed by atoms with Crippen molar-refractivity contribution >= 4 is 40.0 Å². The molecule has 1 fully saturated rings. The van der Waals surface area contributed by atoms with Crippen molar-refractivity contribution in [3.05, 3.63) is 16.0 Å². The second-order valence-electron chi connectivity index (χ2n) is 3.38. The van der Waals surface area contributed by atoms with Gasteiger partial charge in [-0.25, -0.2) is 4.98 Å². The third-order valence-corrected chi connectivity index (χ3v) is 5.33. The maximum Gasteiger partial charge on any atom is 0.189 e. The number of thiazole rings is 1. The van der Waals surface area contributed by atoms with Crippen molar-refractivity contribution in [2.75, 3.05) is 18.6 Å². The van der Waals surface area contributed by atoms with E-state index in [0.29, 0.717) is 0 Å². The third kappa shape index (κ3) is 3.43. The highest BCUT2D eigenvalue weighted by Crippen LogP contribution is 2.25. The van der Waals surface area contributed by atoms with Crippen LogP contribution in [-0.4, -0.2) is 33.6 Å². The van der Waals surface area contributed by atoms with Crippen LogP contribution < -0.4 is 0 Å². The molecule has 0 atom stereocenters. The molecule has 0 saturated carbocycles. The molecule has 1 aromatic rings. The Kier molecular flexibility index (Phi) is 4.81. The van der Waals surface area contributed by atoms with Crippen LogP contribution in [0.3, 0.4) is 0 Å². The Morgan fingerprint density at radius 3 is 3.24 bits per heavy atom. The number of nitrogens with zero attached hydrogens (tertiary/aromatic N) is 4. The van der Waals surface area contributed by atoms with Crippen molar-refractivity contribution in [2.24, 2.45) is 10.4 Å². The van der Waals surface area contributed by atoms with Crippen LogP contribution in [0.1, 0.15) is 11.3 Å². The molecule has 1 saturated heterocycles. The fourth-order valence-corrected chi connectivity index (χ4v) is 3.88. The van der Waals surface area contributed by atoms with Gasteiger partial charge < -0.3 is 4.90 Å². The first-order chi connectivity index (χ1) is 8.33. The van der Waals surface area contributed by atoms with Crippen LogP contribution in [0.15, 0.2) is 20.9 Å². The van der Waals surface area contributed by atoms with Gasteiger partial charge in [-0.3, -0.25) is 0 Å². The number of nitroso groups, excluding NO2 is 1. The zero-order chi connectivity index (χ0) is 12.1. The Bertz CT molecular complexity index is 420. The Balaban J connectivity index is 2.05. The predicted molar refractivity (Wildman–Crippen MR) is 74.6 cm³/mol. The molecule has 0 amide bonds. The maximum absolute atomic E-state index is 10.2. The summed E-state index contributed by atoms with van der Waals surface area (Å²) in [7, 11) is 0. The Labute approximate surface area is 112 Å². The lowest BCUT2D eigenvalue weighted by molar-refractivity contribution is 0.418. The normalized spacial score (nSPS) is 18.6. The van der Waals surface area contributed by atoms with E-state index in [9.17, 15) is 4.91 Å². The smallest absolute Gasteiger partial charge is 0.189 e. The minimum atomic E-state index is 0.727. The van der Waals surface area contributed by atoms with Crippen molar-refractivity contribution in [3.63, 3.8) is 0 Å². The number of aromatic nitrogens is 1. The lowest BCUT2D eigenvalue weighted by Gasteiger charge is -2.27. The molecule has 0 radical (unpaired) electrons. The zero-order valence-corrected chi connectivity index (χ0v) is 11.8. The van der Waals surface area contributed by atoms with Crippen LogP contribution in [0.2, 0.25) is 0 Å². The summed E-state index contributed by atoms with van der Waals surface area (Å²) in [5.41, 5.74) is 0. The van der Waals surface area contributed by atoms with E-state index < -0.39 is 0 Å². The molecular formula is C9H12N4OS3. The largest absolute Gasteiger partial charge is 0.344 e. The van der Waals surface area contributed by atoms with Crippen molar-refractivity contribution in [2.45, 2.75) is 17.3 Å². The molecule has 1 aliphatic heterocycles. The minimum Gasteiger partial charge on any atom is -0.344 e. The molecule has 17 heavy (non-hydrogen) atoms. The van der Waals surface area contributed by atoms with E-state index in [0.717, 1.165) is 34.8 Å². The van der Waals surface area contributed by atoms with Crippen molar-refractivity contribution < 1.29 is 0 Å². The molecule has 0 aromatic carbocycles. The van der Waals surface area contributed by atoms with Crippen LogP contribution >= 0.6 is 34.9 Å². The highest BCUT2D eigenvalue weighted by Gasteiger charge is 2.18. The van der Waals surface area contributed by atoms with Crippen LogP contribution in [0.4, 0.5) is 0 Å². The van der Waals surface area contributed by atoms with Gasteiger partial charge in [0.25, 0.3) is 0 Å². The summed E-state index contributed by atoms with van der Waals surface area (Å²) in [5.74, 6) is 1.00. The van der Waals surface area contributed by atoms with Gasteiger partial charge in [0.05, 0.1) is 11.8 Å². The second kappa shape index (κ2) is 6.36. The molecule has 2 heterocycles. The van der Waals surface area contributed by atoms with E-state index in [1.54, 1.807) is 34.9 Å². The highest BCUT2D eigenvalue weighted by molar-refractivity contribution is 8.13. The summed E-state index contributed by atoms with van der Waals surface area (Å²) >= 11 is 4.92. The quantitative estimate of drug-likeness (QED) is 0.484. The standard InChI is InChI=1S/C9H12N4OS3/c1-15-9-10-5-7(17-9)6-13-3-2-4-16-8(13)11-12-14/h5H,2-4,6H2,1H3/b11-8-. The number of hydrogen-bond donors (Lipinski definition) is 0. The van der Waals surface area contributed by atoms with Gasteiger partial charge in [-0.15, -0.1) is 16.2 Å². The molecule has 0 aliphatic carbocycles. The second-order valence-corrected chi connectivity index (χ2v) is 6.62. The fraction of sp³-hybridized carbons (Fsp3) is 0.556. The first kappa shape index (κ1) is 12.8. The summed E-state index contributed by atoms with van der Waals surface area (Å²) in [5, 5.41) is 7.00. The molecule has 0 unspecified atom stereocenters. The van der Waals surface area contributed by atoms with Crippen LogP contribution in [0, 0.1) is 4.91 Å². The highest BCUT2D eigenvalue weighted by atomic mass is 32.2. The van der Waals surface area contributed by atoms with E-state index in [1.165, 1.54) is 4.88 Å². The molecule has 8 heteroatoms. The predicted octanol–water partition coefficient (Wildman–Crippen LogP) is 2.84. The molecule has 1 aliphatic rings. The Hall–Kier alpha value is -0.600. The first-order valence-corrected chi connectivity index (χ1v) is 8.13. The SMILES string of the molecule is CSc1ncc(CN2CCCS/C2=N\N=O)s1. The summed E-state index contributed by atoms with van der Waals surface area (Å²) in [6, 6.07) is 0. The lowest BCUT2D eigenvalue weighted by Crippen LogP contribution is -2.33. The molecule has 0 bridgehead atoms. The fourth-order valence-electron chi connectivity index (χ4n) is 1.52. The Morgan fingerprint density at radius 2 is 2.53 bits per heavy atom. The number of rotatable bonds is 4. The molecule has 2 rings (SSSR count). The van der Waals surface area contributed by atoms with Crippen molar-refractivity contribution in [1.29, 1.82) is 0 Å². The maximum atomic E-state index is 10.2. The molecular weight excluding hydrogens is 276 g/mol. The number of amidine groups is 1. The van der Waals surface area contributed by atoms with E-state index in [4.69, 9.17) is 0 Å². The van der Waals surface area contributed by atoms with Gasteiger partial charge in [0.2, 0.25) is 0 Å². The molecule has 0 N–H and O–H groups in total. The average molecular weight is 288 g/mol. The van der Waals surface area contributed by atoms with Gasteiger partial charge in [-0.1, -0.05) is 28.6 Å². The molecule has 5 nitrogen and oxygen atoms in total. The van der Waals surface area contributed by atoms with Gasteiger partial charge >= 0.3 is 0 Å². The zero-order valence-electron chi connectivity index (χ0n) is 9.33. The van der Waals surface area contributed by atoms with Gasteiger partial charge in [0.15, 0.2) is 5.17 Å². The van der Waals surface area contributed by atoms with Crippen LogP contribution in [0.5, 0.6) is 0 Å². The summed E-state index contributed by atoms with van der Waals surface area (Å²) in [6.45, 7) is 1.69. The summed E-state index contributed by atoms with van der Waals surface area (Å²) in [6.07, 6.45) is 5.01. The summed E-state index contributed by atoms with van der Waals surface area (Å²) in [4.78, 5) is 17.8. The van der Waals surface area contributed by atoms with E-state index in [-0.39, 0.29) is 0 Å². The van der Waals surface area contributed by atoms with E-state index in [2.05, 4.69) is 20.3 Å². The van der Waals surface area contributed by atoms with Gasteiger partial charge in [-0.05, 0) is 12.7 Å². The van der Waals surface area contributed by atoms with Gasteiger partial charge in [-0.2, -0.15) is 0 Å². The van der Waals surface area contributed by atoms with Gasteiger partial charge in [0, 0.05) is 23.4 Å². The molecule has 1 aromatic heterocycles. The summed E-state index contributed by atoms with van der Waals surface area (Å²) < 4.78 is 1.07. The number of hydrogen-bond acceptors (Lipinski definition) is 6. The monoisotopic (exact) mass is 288 g/mol. The molecule has 0 spiro atoms. The van der Waals surface area contributed by atoms with Crippen molar-refractivity contribution in [1.82, 2.24) is 9.88 Å². The first-order valence-electron chi connectivity index (χ1n) is 5.10. The average Bonchev–Trinajstić information content (AvgIpc) is 2.80. The molecule has 92 valence electrons. The van der Waals surface area contributed by atoms with Crippen LogP contribution in [-0.2, 0) is 6.54 Å². The van der Waals surface area contributed by atoms with E-state index >= 15 is 0 Å². The number of thioether (sulfide) groups is 2. The van der Waals surface area contributed by atoms with Crippen LogP contribution in [0.25, 0.3) is 0 Å². The van der Waals surface area contributed by atoms with Crippen molar-refractivity contribution in [3.8, 4) is 0 Å².